The summed E-state index contributed by atoms with van der Waals surface area (Å²) in [5.41, 5.74) is 0.888. The quantitative estimate of drug-likeness (QED) is 0.386. The zero-order chi connectivity index (χ0) is 20.4. The highest BCUT2D eigenvalue weighted by atomic mass is 32.2. The molecule has 1 aromatic heterocycles. The van der Waals surface area contributed by atoms with Crippen LogP contribution in [0.3, 0.4) is 0 Å². The van der Waals surface area contributed by atoms with Gasteiger partial charge in [-0.05, 0) is 28.5 Å². The van der Waals surface area contributed by atoms with Gasteiger partial charge >= 0.3 is 0 Å². The Labute approximate surface area is 166 Å². The van der Waals surface area contributed by atoms with E-state index in [1.807, 2.05) is 42.5 Å². The molecule has 1 N–H and O–H groups in total. The zero-order valence-electron chi connectivity index (χ0n) is 15.1. The number of hydrogen-bond donors (Lipinski definition) is 1. The average molecular weight is 408 g/mol. The van der Waals surface area contributed by atoms with Crippen LogP contribution in [0, 0.1) is 10.1 Å². The van der Waals surface area contributed by atoms with E-state index in [0.717, 1.165) is 28.5 Å². The van der Waals surface area contributed by atoms with Crippen LogP contribution in [0.15, 0.2) is 83.9 Å². The highest BCUT2D eigenvalue weighted by Crippen LogP contribution is 2.21. The Morgan fingerprint density at radius 1 is 0.966 bits per heavy atom. The fourth-order valence-corrected chi connectivity index (χ4v) is 4.05. The van der Waals surface area contributed by atoms with Gasteiger partial charge in [-0.3, -0.25) is 19.5 Å². The summed E-state index contributed by atoms with van der Waals surface area (Å²) in [6.07, 6.45) is 1.69. The number of anilines is 1. The van der Waals surface area contributed by atoms with Crippen LogP contribution < -0.4 is 4.72 Å². The van der Waals surface area contributed by atoms with Gasteiger partial charge < -0.3 is 0 Å². The SMILES string of the molecule is O=[N+]([O-])c1ccc(S(=O)(=O)Nc2ccn(Cc3cccc4ccccc34)n2)cc1. The third kappa shape index (κ3) is 3.94. The zero-order valence-corrected chi connectivity index (χ0v) is 15.9. The summed E-state index contributed by atoms with van der Waals surface area (Å²) in [7, 11) is -3.90. The molecular formula is C20H16N4O4S. The van der Waals surface area contributed by atoms with Crippen molar-refractivity contribution in [1.82, 2.24) is 9.78 Å². The number of nitro benzene ring substituents is 1. The normalized spacial score (nSPS) is 11.4. The molecule has 29 heavy (non-hydrogen) atoms. The summed E-state index contributed by atoms with van der Waals surface area (Å²) in [4.78, 5) is 10.1. The maximum absolute atomic E-state index is 12.5. The van der Waals surface area contributed by atoms with Crippen molar-refractivity contribution < 1.29 is 13.3 Å². The second-order valence-corrected chi connectivity index (χ2v) is 8.08. The van der Waals surface area contributed by atoms with Crippen molar-refractivity contribution >= 4 is 32.3 Å². The van der Waals surface area contributed by atoms with Gasteiger partial charge in [-0.15, -0.1) is 0 Å². The van der Waals surface area contributed by atoms with Crippen molar-refractivity contribution in [3.05, 3.63) is 94.7 Å². The van der Waals surface area contributed by atoms with Gasteiger partial charge in [0.2, 0.25) is 0 Å². The summed E-state index contributed by atoms with van der Waals surface area (Å²) in [5, 5.41) is 17.2. The molecule has 0 aliphatic heterocycles. The van der Waals surface area contributed by atoms with Crippen LogP contribution >= 0.6 is 0 Å². The van der Waals surface area contributed by atoms with E-state index in [1.54, 1.807) is 16.9 Å². The third-order valence-electron chi connectivity index (χ3n) is 4.45. The van der Waals surface area contributed by atoms with Gasteiger partial charge in [-0.25, -0.2) is 8.42 Å². The Balaban J connectivity index is 1.53. The van der Waals surface area contributed by atoms with Crippen LogP contribution in [0.2, 0.25) is 0 Å². The molecule has 0 saturated carbocycles. The topological polar surface area (TPSA) is 107 Å². The highest BCUT2D eigenvalue weighted by molar-refractivity contribution is 7.92. The van der Waals surface area contributed by atoms with Gasteiger partial charge in [-0.1, -0.05) is 42.5 Å². The molecule has 3 aromatic carbocycles. The highest BCUT2D eigenvalue weighted by Gasteiger charge is 2.17. The number of nitro groups is 1. The third-order valence-corrected chi connectivity index (χ3v) is 5.82. The summed E-state index contributed by atoms with van der Waals surface area (Å²) in [6, 6.07) is 20.3. The largest absolute Gasteiger partial charge is 0.269 e. The number of rotatable bonds is 6. The van der Waals surface area contributed by atoms with Crippen LogP contribution in [0.5, 0.6) is 0 Å². The van der Waals surface area contributed by atoms with Crippen molar-refractivity contribution in [3.8, 4) is 0 Å². The number of hydrogen-bond acceptors (Lipinski definition) is 5. The van der Waals surface area contributed by atoms with E-state index in [0.29, 0.717) is 6.54 Å². The van der Waals surface area contributed by atoms with E-state index in [4.69, 9.17) is 0 Å². The molecule has 0 amide bonds. The van der Waals surface area contributed by atoms with Crippen molar-refractivity contribution in [3.63, 3.8) is 0 Å². The molecule has 1 heterocycles. The number of fused-ring (bicyclic) bond motifs is 1. The Bertz CT molecular complexity index is 1290. The Hall–Kier alpha value is -3.72. The van der Waals surface area contributed by atoms with Gasteiger partial charge in [0.15, 0.2) is 5.82 Å². The van der Waals surface area contributed by atoms with E-state index < -0.39 is 14.9 Å². The lowest BCUT2D eigenvalue weighted by molar-refractivity contribution is -0.384. The Morgan fingerprint density at radius 3 is 2.45 bits per heavy atom. The molecule has 0 atom stereocenters. The summed E-state index contributed by atoms with van der Waals surface area (Å²) in [6.45, 7) is 0.487. The Morgan fingerprint density at radius 2 is 1.69 bits per heavy atom. The molecule has 0 bridgehead atoms. The summed E-state index contributed by atoms with van der Waals surface area (Å²) in [5.74, 6) is 0.170. The molecule has 0 unspecified atom stereocenters. The second-order valence-electron chi connectivity index (χ2n) is 6.39. The van der Waals surface area contributed by atoms with Crippen molar-refractivity contribution in [1.29, 1.82) is 0 Å². The van der Waals surface area contributed by atoms with Gasteiger partial charge in [0.1, 0.15) is 0 Å². The first-order valence-electron chi connectivity index (χ1n) is 8.70. The molecule has 0 fully saturated rings. The fraction of sp³-hybridized carbons (Fsp3) is 0.0500. The summed E-state index contributed by atoms with van der Waals surface area (Å²) >= 11 is 0. The van der Waals surface area contributed by atoms with Gasteiger partial charge in [-0.2, -0.15) is 5.10 Å². The number of nitrogens with zero attached hydrogens (tertiary/aromatic N) is 3. The minimum absolute atomic E-state index is 0.0771. The Kier molecular flexibility index (Phi) is 4.73. The molecule has 8 nitrogen and oxygen atoms in total. The number of sulfonamides is 1. The maximum Gasteiger partial charge on any atom is 0.269 e. The predicted molar refractivity (Wildman–Crippen MR) is 109 cm³/mol. The molecule has 0 spiro atoms. The second kappa shape index (κ2) is 7.36. The number of benzene rings is 3. The molecular weight excluding hydrogens is 392 g/mol. The lowest BCUT2D eigenvalue weighted by Crippen LogP contribution is -2.14. The van der Waals surface area contributed by atoms with Gasteiger partial charge in [0.25, 0.3) is 15.7 Å². The number of nitrogens with one attached hydrogen (secondary N) is 1. The van der Waals surface area contributed by atoms with Crippen LogP contribution in [0.25, 0.3) is 10.8 Å². The summed E-state index contributed by atoms with van der Waals surface area (Å²) < 4.78 is 29.0. The maximum atomic E-state index is 12.5. The minimum atomic E-state index is -3.90. The first-order chi connectivity index (χ1) is 13.9. The van der Waals surface area contributed by atoms with Crippen molar-refractivity contribution in [2.24, 2.45) is 0 Å². The van der Waals surface area contributed by atoms with Gasteiger partial charge in [0.05, 0.1) is 16.4 Å². The number of non-ortho nitro benzene ring substituents is 1. The average Bonchev–Trinajstić information content (AvgIpc) is 3.14. The molecule has 9 heteroatoms. The predicted octanol–water partition coefficient (Wildman–Crippen LogP) is 3.79. The molecule has 0 aliphatic rings. The molecule has 4 aromatic rings. The fourth-order valence-electron chi connectivity index (χ4n) is 3.05. The van der Waals surface area contributed by atoms with Gasteiger partial charge in [0, 0.05) is 24.4 Å². The van der Waals surface area contributed by atoms with Crippen molar-refractivity contribution in [2.45, 2.75) is 11.4 Å². The standard InChI is InChI=1S/C20H16N4O4S/c25-24(26)17-8-10-18(11-9-17)29(27,28)22-20-12-13-23(21-20)14-16-6-3-5-15-4-1-2-7-19(15)16/h1-13H,14H2,(H,21,22). The van der Waals surface area contributed by atoms with E-state index in [-0.39, 0.29) is 16.4 Å². The van der Waals surface area contributed by atoms with E-state index in [9.17, 15) is 18.5 Å². The number of aromatic nitrogens is 2. The first kappa shape index (κ1) is 18.6. The van der Waals surface area contributed by atoms with Crippen molar-refractivity contribution in [2.75, 3.05) is 4.72 Å². The molecule has 0 aliphatic carbocycles. The smallest absolute Gasteiger partial charge is 0.266 e. The van der Waals surface area contributed by atoms with Crippen LogP contribution in [-0.2, 0) is 16.6 Å². The molecule has 0 radical (unpaired) electrons. The minimum Gasteiger partial charge on any atom is -0.266 e. The molecule has 146 valence electrons. The lowest BCUT2D eigenvalue weighted by Gasteiger charge is -2.07. The van der Waals surface area contributed by atoms with E-state index >= 15 is 0 Å². The molecule has 4 rings (SSSR count). The molecule has 0 saturated heterocycles. The lowest BCUT2D eigenvalue weighted by atomic mass is 10.0. The van der Waals surface area contributed by atoms with E-state index in [2.05, 4.69) is 9.82 Å². The van der Waals surface area contributed by atoms with E-state index in [1.165, 1.54) is 12.1 Å². The monoisotopic (exact) mass is 408 g/mol. The first-order valence-corrected chi connectivity index (χ1v) is 10.2. The van der Waals surface area contributed by atoms with Crippen LogP contribution in [0.4, 0.5) is 11.5 Å². The van der Waals surface area contributed by atoms with Crippen LogP contribution in [0.1, 0.15) is 5.56 Å². The van der Waals surface area contributed by atoms with Crippen LogP contribution in [-0.4, -0.2) is 23.1 Å².